The van der Waals surface area contributed by atoms with E-state index >= 15 is 0 Å². The number of piperidine rings is 1. The maximum Gasteiger partial charge on any atom is 0.329 e. The number of likely N-dealkylation sites (tertiary alicyclic amines) is 1. The summed E-state index contributed by atoms with van der Waals surface area (Å²) < 4.78 is 1.19. The molecule has 0 spiro atoms. The molecule has 5 nitrogen and oxygen atoms in total. The third-order valence-corrected chi connectivity index (χ3v) is 3.28. The third kappa shape index (κ3) is 3.20. The Morgan fingerprint density at radius 1 is 1.18 bits per heavy atom. The quantitative estimate of drug-likeness (QED) is 0.810. The number of halogens is 1. The summed E-state index contributed by atoms with van der Waals surface area (Å²) >= 11 is 5.59. The smallest absolute Gasteiger partial charge is 0.302 e. The van der Waals surface area contributed by atoms with Gasteiger partial charge in [-0.3, -0.25) is 14.3 Å². The van der Waals surface area contributed by atoms with E-state index in [0.717, 1.165) is 19.6 Å². The zero-order valence-corrected chi connectivity index (χ0v) is 10.4. The summed E-state index contributed by atoms with van der Waals surface area (Å²) in [4.78, 5) is 27.8. The van der Waals surface area contributed by atoms with E-state index in [1.165, 1.54) is 29.9 Å². The van der Waals surface area contributed by atoms with Crippen molar-refractivity contribution < 1.29 is 0 Å². The molecule has 0 aliphatic carbocycles. The van der Waals surface area contributed by atoms with E-state index in [1.807, 2.05) is 0 Å². The van der Waals surface area contributed by atoms with E-state index in [4.69, 9.17) is 11.6 Å². The molecule has 1 aliphatic heterocycles. The normalized spacial score (nSPS) is 17.2. The zero-order chi connectivity index (χ0) is 12.3. The second-order valence-electron chi connectivity index (χ2n) is 4.31. The summed E-state index contributed by atoms with van der Waals surface area (Å²) in [5, 5.41) is 0.0919. The van der Waals surface area contributed by atoms with Crippen molar-refractivity contribution in [1.82, 2.24) is 14.5 Å². The van der Waals surface area contributed by atoms with Gasteiger partial charge < -0.3 is 4.90 Å². The van der Waals surface area contributed by atoms with Crippen molar-refractivity contribution in [1.29, 1.82) is 0 Å². The predicted molar refractivity (Wildman–Crippen MR) is 66.6 cm³/mol. The maximum atomic E-state index is 11.6. The second-order valence-corrected chi connectivity index (χ2v) is 4.72. The molecular formula is C11H16ClN3O2. The molecule has 0 aromatic carbocycles. The average molecular weight is 258 g/mol. The van der Waals surface area contributed by atoms with E-state index in [-0.39, 0.29) is 10.7 Å². The molecule has 1 N–H and O–H groups in total. The Hall–Kier alpha value is -1.07. The highest BCUT2D eigenvalue weighted by Gasteiger charge is 2.11. The summed E-state index contributed by atoms with van der Waals surface area (Å²) in [6, 6.07) is 1.24. The highest BCUT2D eigenvalue weighted by molar-refractivity contribution is 6.29. The van der Waals surface area contributed by atoms with Gasteiger partial charge in [-0.05, 0) is 25.9 Å². The number of hydrogen-bond donors (Lipinski definition) is 1. The van der Waals surface area contributed by atoms with Crippen LogP contribution in [0.2, 0.25) is 5.15 Å². The van der Waals surface area contributed by atoms with Gasteiger partial charge in [0.05, 0.1) is 0 Å². The minimum Gasteiger partial charge on any atom is -0.302 e. The standard InChI is InChI=1S/C11H16ClN3O2/c12-9-8-10(16)15(11(17)13-9)7-6-14-4-2-1-3-5-14/h8H,1-7H2,(H,13,17). The summed E-state index contributed by atoms with van der Waals surface area (Å²) in [5.74, 6) is 0. The lowest BCUT2D eigenvalue weighted by molar-refractivity contribution is 0.219. The van der Waals surface area contributed by atoms with Gasteiger partial charge in [0, 0.05) is 19.2 Å². The van der Waals surface area contributed by atoms with E-state index in [0.29, 0.717) is 6.54 Å². The average Bonchev–Trinajstić information content (AvgIpc) is 2.29. The van der Waals surface area contributed by atoms with Crippen LogP contribution in [0.3, 0.4) is 0 Å². The van der Waals surface area contributed by atoms with Crippen molar-refractivity contribution in [2.24, 2.45) is 0 Å². The molecule has 6 heteroatoms. The second kappa shape index (κ2) is 5.51. The van der Waals surface area contributed by atoms with Gasteiger partial charge in [-0.2, -0.15) is 0 Å². The predicted octanol–water partition coefficient (Wildman–Crippen LogP) is 0.676. The zero-order valence-electron chi connectivity index (χ0n) is 9.62. The molecule has 1 aliphatic rings. The number of hydrogen-bond acceptors (Lipinski definition) is 3. The van der Waals surface area contributed by atoms with Crippen molar-refractivity contribution in [3.8, 4) is 0 Å². The van der Waals surface area contributed by atoms with Gasteiger partial charge in [-0.1, -0.05) is 18.0 Å². The molecule has 1 saturated heterocycles. The summed E-state index contributed by atoms with van der Waals surface area (Å²) in [7, 11) is 0. The number of H-pyrrole nitrogens is 1. The minimum absolute atomic E-state index is 0.0919. The first-order valence-electron chi connectivity index (χ1n) is 5.89. The maximum absolute atomic E-state index is 11.6. The number of rotatable bonds is 3. The molecule has 1 aromatic rings. The fourth-order valence-corrected chi connectivity index (χ4v) is 2.30. The molecule has 94 valence electrons. The van der Waals surface area contributed by atoms with Crippen molar-refractivity contribution in [2.75, 3.05) is 19.6 Å². The molecule has 2 rings (SSSR count). The first-order valence-corrected chi connectivity index (χ1v) is 6.26. The molecule has 2 heterocycles. The summed E-state index contributed by atoms with van der Waals surface area (Å²) in [6.45, 7) is 3.27. The van der Waals surface area contributed by atoms with E-state index in [9.17, 15) is 9.59 Å². The largest absolute Gasteiger partial charge is 0.329 e. The number of nitrogens with one attached hydrogen (secondary N) is 1. The van der Waals surface area contributed by atoms with Crippen molar-refractivity contribution in [3.05, 3.63) is 32.1 Å². The van der Waals surface area contributed by atoms with Crippen molar-refractivity contribution >= 4 is 11.6 Å². The lowest BCUT2D eigenvalue weighted by Gasteiger charge is -2.26. The van der Waals surface area contributed by atoms with E-state index < -0.39 is 5.69 Å². The van der Waals surface area contributed by atoms with Crippen LogP contribution in [0.15, 0.2) is 15.7 Å². The van der Waals surface area contributed by atoms with E-state index in [2.05, 4.69) is 9.88 Å². The van der Waals surface area contributed by atoms with Crippen molar-refractivity contribution in [2.45, 2.75) is 25.8 Å². The van der Waals surface area contributed by atoms with Crippen LogP contribution in [0.25, 0.3) is 0 Å². The molecule has 1 aromatic heterocycles. The minimum atomic E-state index is -0.431. The summed E-state index contributed by atoms with van der Waals surface area (Å²) in [5.41, 5.74) is -0.768. The Bertz CT molecular complexity index is 457. The number of nitrogens with zero attached hydrogens (tertiary/aromatic N) is 2. The molecule has 17 heavy (non-hydrogen) atoms. The van der Waals surface area contributed by atoms with Crippen LogP contribution < -0.4 is 11.2 Å². The van der Waals surface area contributed by atoms with Gasteiger partial charge in [0.2, 0.25) is 0 Å². The number of aromatic amines is 1. The molecule has 1 fully saturated rings. The molecule has 0 bridgehead atoms. The summed E-state index contributed by atoms with van der Waals surface area (Å²) in [6.07, 6.45) is 3.68. The lowest BCUT2D eigenvalue weighted by atomic mass is 10.1. The van der Waals surface area contributed by atoms with Crippen LogP contribution in [0.1, 0.15) is 19.3 Å². The Labute approximate surface area is 104 Å². The molecule has 0 radical (unpaired) electrons. The molecular weight excluding hydrogens is 242 g/mol. The van der Waals surface area contributed by atoms with Gasteiger partial charge in [0.15, 0.2) is 0 Å². The monoisotopic (exact) mass is 257 g/mol. The lowest BCUT2D eigenvalue weighted by Crippen LogP contribution is -2.40. The fraction of sp³-hybridized carbons (Fsp3) is 0.636. The first kappa shape index (κ1) is 12.4. The van der Waals surface area contributed by atoms with Crippen LogP contribution >= 0.6 is 11.6 Å². The molecule has 0 amide bonds. The van der Waals surface area contributed by atoms with Crippen LogP contribution in [-0.2, 0) is 6.54 Å². The highest BCUT2D eigenvalue weighted by Crippen LogP contribution is 2.07. The van der Waals surface area contributed by atoms with Gasteiger partial charge >= 0.3 is 5.69 Å². The molecule has 0 unspecified atom stereocenters. The van der Waals surface area contributed by atoms with Crippen LogP contribution in [0.4, 0.5) is 0 Å². The fourth-order valence-electron chi connectivity index (χ4n) is 2.13. The Kier molecular flexibility index (Phi) is 4.02. The van der Waals surface area contributed by atoms with Gasteiger partial charge in [-0.15, -0.1) is 0 Å². The van der Waals surface area contributed by atoms with Gasteiger partial charge in [0.25, 0.3) is 5.56 Å². The highest BCUT2D eigenvalue weighted by atomic mass is 35.5. The van der Waals surface area contributed by atoms with Crippen LogP contribution in [0.5, 0.6) is 0 Å². The Balaban J connectivity index is 2.03. The van der Waals surface area contributed by atoms with Gasteiger partial charge in [0.1, 0.15) is 5.15 Å². The Morgan fingerprint density at radius 2 is 1.88 bits per heavy atom. The van der Waals surface area contributed by atoms with E-state index in [1.54, 1.807) is 0 Å². The number of aromatic nitrogens is 2. The molecule has 0 atom stereocenters. The Morgan fingerprint density at radius 3 is 2.53 bits per heavy atom. The van der Waals surface area contributed by atoms with Crippen molar-refractivity contribution in [3.63, 3.8) is 0 Å². The first-order chi connectivity index (χ1) is 8.16. The van der Waals surface area contributed by atoms with Crippen LogP contribution in [-0.4, -0.2) is 34.1 Å². The topological polar surface area (TPSA) is 58.1 Å². The van der Waals surface area contributed by atoms with Gasteiger partial charge in [-0.25, -0.2) is 4.79 Å². The van der Waals surface area contributed by atoms with Crippen LogP contribution in [0, 0.1) is 0 Å². The molecule has 0 saturated carbocycles. The SMILES string of the molecule is O=c1cc(Cl)[nH]c(=O)n1CCN1CCCCC1. The third-order valence-electron chi connectivity index (χ3n) is 3.08.